The second kappa shape index (κ2) is 8.83. The molecule has 1 aliphatic heterocycles. The van der Waals surface area contributed by atoms with Crippen LogP contribution in [-0.4, -0.2) is 27.7 Å². The van der Waals surface area contributed by atoms with Gasteiger partial charge in [-0.05, 0) is 104 Å². The number of nitrogens with one attached hydrogen (secondary N) is 1. The lowest BCUT2D eigenvalue weighted by Crippen LogP contribution is -2.36. The zero-order valence-corrected chi connectivity index (χ0v) is 21.8. The Labute approximate surface area is 202 Å². The quantitative estimate of drug-likeness (QED) is 0.549. The van der Waals surface area contributed by atoms with Crippen molar-refractivity contribution >= 4 is 25.7 Å². The maximum atomic E-state index is 13.4. The molecule has 1 heterocycles. The van der Waals surface area contributed by atoms with E-state index in [2.05, 4.69) is 4.72 Å². The summed E-state index contributed by atoms with van der Waals surface area (Å²) in [6.45, 7) is 10.1. The first-order valence-electron chi connectivity index (χ1n) is 11.2. The molecule has 1 N–H and O–H groups in total. The summed E-state index contributed by atoms with van der Waals surface area (Å²) in [6.07, 6.45) is 0.572. The molecule has 0 radical (unpaired) electrons. The number of sulfonamides is 2. The molecule has 34 heavy (non-hydrogen) atoms. The number of nitrogens with zero attached hydrogens (tertiary/aromatic N) is 1. The zero-order valence-electron chi connectivity index (χ0n) is 20.1. The molecule has 0 saturated carbocycles. The third-order valence-corrected chi connectivity index (χ3v) is 10.5. The molecule has 8 heteroatoms. The Bertz CT molecular complexity index is 1450. The maximum Gasteiger partial charge on any atom is 0.262 e. The van der Waals surface area contributed by atoms with Crippen molar-refractivity contribution < 1.29 is 16.8 Å². The lowest BCUT2D eigenvalue weighted by molar-refractivity contribution is 0.391. The smallest absolute Gasteiger partial charge is 0.262 e. The highest BCUT2D eigenvalue weighted by molar-refractivity contribution is 7.92. The molecule has 0 amide bonds. The lowest BCUT2D eigenvalue weighted by Gasteiger charge is -2.28. The van der Waals surface area contributed by atoms with Crippen molar-refractivity contribution in [3.63, 3.8) is 0 Å². The first kappa shape index (κ1) is 24.4. The number of benzene rings is 3. The van der Waals surface area contributed by atoms with E-state index in [-0.39, 0.29) is 11.4 Å². The molecule has 180 valence electrons. The predicted octanol–water partition coefficient (Wildman–Crippen LogP) is 4.78. The standard InChI is InChI=1S/C26H30N2O4S2/c1-17-18(2)20(4)26(21(5)19(17)3)33(29,30)27-24-12-11-22-13-14-28(16-23(22)15-24)34(31,32)25-9-7-6-8-10-25/h6-12,15,27H,13-14,16H2,1-5H3. The summed E-state index contributed by atoms with van der Waals surface area (Å²) >= 11 is 0. The molecule has 0 aromatic heterocycles. The number of anilines is 1. The van der Waals surface area contributed by atoms with Gasteiger partial charge in [0.2, 0.25) is 10.0 Å². The average molecular weight is 499 g/mol. The third kappa shape index (κ3) is 4.26. The molecule has 3 aromatic rings. The molecular formula is C26H30N2O4S2. The van der Waals surface area contributed by atoms with Gasteiger partial charge in [0.1, 0.15) is 0 Å². The minimum atomic E-state index is -3.83. The van der Waals surface area contributed by atoms with Crippen molar-refractivity contribution in [2.24, 2.45) is 0 Å². The van der Waals surface area contributed by atoms with Crippen molar-refractivity contribution in [1.82, 2.24) is 4.31 Å². The Morgan fingerprint density at radius 2 is 1.32 bits per heavy atom. The van der Waals surface area contributed by atoms with E-state index in [9.17, 15) is 16.8 Å². The SMILES string of the molecule is Cc1c(C)c(C)c(S(=O)(=O)Nc2ccc3c(c2)CN(S(=O)(=O)c2ccccc2)CC3)c(C)c1C. The van der Waals surface area contributed by atoms with Crippen LogP contribution in [0.5, 0.6) is 0 Å². The van der Waals surface area contributed by atoms with Crippen LogP contribution in [0.15, 0.2) is 58.3 Å². The van der Waals surface area contributed by atoms with Crippen LogP contribution in [0.1, 0.15) is 38.9 Å². The molecule has 0 atom stereocenters. The van der Waals surface area contributed by atoms with Crippen LogP contribution in [0.3, 0.4) is 0 Å². The van der Waals surface area contributed by atoms with E-state index in [0.717, 1.165) is 38.9 Å². The van der Waals surface area contributed by atoms with Crippen molar-refractivity contribution in [3.05, 3.63) is 87.5 Å². The van der Waals surface area contributed by atoms with E-state index in [0.29, 0.717) is 23.5 Å². The van der Waals surface area contributed by atoms with Gasteiger partial charge in [-0.15, -0.1) is 0 Å². The van der Waals surface area contributed by atoms with Crippen LogP contribution >= 0.6 is 0 Å². The van der Waals surface area contributed by atoms with Crippen LogP contribution in [0.2, 0.25) is 0 Å². The summed E-state index contributed by atoms with van der Waals surface area (Å²) < 4.78 is 57.2. The van der Waals surface area contributed by atoms with Crippen LogP contribution in [0.4, 0.5) is 5.69 Å². The lowest BCUT2D eigenvalue weighted by atomic mass is 9.95. The van der Waals surface area contributed by atoms with Gasteiger partial charge in [-0.1, -0.05) is 24.3 Å². The van der Waals surface area contributed by atoms with E-state index < -0.39 is 20.0 Å². The summed E-state index contributed by atoms with van der Waals surface area (Å²) in [5.41, 5.74) is 6.77. The van der Waals surface area contributed by atoms with E-state index >= 15 is 0 Å². The van der Waals surface area contributed by atoms with Gasteiger partial charge in [-0.25, -0.2) is 16.8 Å². The first-order valence-corrected chi connectivity index (χ1v) is 14.1. The Balaban J connectivity index is 1.66. The summed E-state index contributed by atoms with van der Waals surface area (Å²) in [5.74, 6) is 0. The summed E-state index contributed by atoms with van der Waals surface area (Å²) in [6, 6.07) is 13.7. The number of hydrogen-bond acceptors (Lipinski definition) is 4. The van der Waals surface area contributed by atoms with Gasteiger partial charge in [0.05, 0.1) is 9.79 Å². The van der Waals surface area contributed by atoms with Gasteiger partial charge in [0.25, 0.3) is 10.0 Å². The molecule has 1 aliphatic rings. The Morgan fingerprint density at radius 1 is 0.735 bits per heavy atom. The summed E-state index contributed by atoms with van der Waals surface area (Å²) in [4.78, 5) is 0.561. The first-order chi connectivity index (χ1) is 15.9. The molecule has 0 fully saturated rings. The van der Waals surface area contributed by atoms with Crippen LogP contribution in [0.25, 0.3) is 0 Å². The molecule has 0 spiro atoms. The van der Waals surface area contributed by atoms with Gasteiger partial charge in [-0.3, -0.25) is 4.72 Å². The topological polar surface area (TPSA) is 83.6 Å². The van der Waals surface area contributed by atoms with Gasteiger partial charge in [0.15, 0.2) is 0 Å². The molecule has 4 rings (SSSR count). The fourth-order valence-electron chi connectivity index (χ4n) is 4.62. The van der Waals surface area contributed by atoms with Crippen LogP contribution in [0, 0.1) is 34.6 Å². The Kier molecular flexibility index (Phi) is 6.35. The van der Waals surface area contributed by atoms with Crippen LogP contribution < -0.4 is 4.72 Å². The highest BCUT2D eigenvalue weighted by Crippen LogP contribution is 2.32. The van der Waals surface area contributed by atoms with Crippen molar-refractivity contribution in [2.75, 3.05) is 11.3 Å². The number of fused-ring (bicyclic) bond motifs is 1. The van der Waals surface area contributed by atoms with Crippen molar-refractivity contribution in [3.8, 4) is 0 Å². The molecular weight excluding hydrogens is 468 g/mol. The van der Waals surface area contributed by atoms with E-state index in [1.165, 1.54) is 4.31 Å². The number of rotatable bonds is 5. The zero-order chi connectivity index (χ0) is 24.8. The Morgan fingerprint density at radius 3 is 1.94 bits per heavy atom. The van der Waals surface area contributed by atoms with Gasteiger partial charge in [0, 0.05) is 18.8 Å². The molecule has 0 saturated heterocycles. The normalized spacial score (nSPS) is 14.6. The highest BCUT2D eigenvalue weighted by Gasteiger charge is 2.29. The summed E-state index contributed by atoms with van der Waals surface area (Å²) in [5, 5.41) is 0. The molecule has 0 bridgehead atoms. The molecule has 0 aliphatic carbocycles. The minimum absolute atomic E-state index is 0.197. The minimum Gasteiger partial charge on any atom is -0.280 e. The summed E-state index contributed by atoms with van der Waals surface area (Å²) in [7, 11) is -7.46. The van der Waals surface area contributed by atoms with Gasteiger partial charge >= 0.3 is 0 Å². The fraction of sp³-hybridized carbons (Fsp3) is 0.308. The second-order valence-electron chi connectivity index (χ2n) is 8.94. The number of hydrogen-bond donors (Lipinski definition) is 1. The molecule has 3 aromatic carbocycles. The highest BCUT2D eigenvalue weighted by atomic mass is 32.2. The Hall–Kier alpha value is -2.68. The van der Waals surface area contributed by atoms with Gasteiger partial charge < -0.3 is 0 Å². The molecule has 0 unspecified atom stereocenters. The van der Waals surface area contributed by atoms with Gasteiger partial charge in [-0.2, -0.15) is 4.31 Å². The largest absolute Gasteiger partial charge is 0.280 e. The van der Waals surface area contributed by atoms with Crippen molar-refractivity contribution in [2.45, 2.75) is 57.4 Å². The third-order valence-electron chi connectivity index (χ3n) is 7.02. The average Bonchev–Trinajstić information content (AvgIpc) is 2.81. The van der Waals surface area contributed by atoms with Crippen molar-refractivity contribution in [1.29, 1.82) is 0 Å². The fourth-order valence-corrected chi connectivity index (χ4v) is 7.71. The monoisotopic (exact) mass is 498 g/mol. The van der Waals surface area contributed by atoms with E-state index in [1.807, 2.05) is 40.7 Å². The predicted molar refractivity (Wildman–Crippen MR) is 135 cm³/mol. The van der Waals surface area contributed by atoms with E-state index in [1.54, 1.807) is 42.5 Å². The van der Waals surface area contributed by atoms with Crippen LogP contribution in [-0.2, 0) is 33.0 Å². The maximum absolute atomic E-state index is 13.4. The second-order valence-corrected chi connectivity index (χ2v) is 12.5. The van der Waals surface area contributed by atoms with E-state index in [4.69, 9.17) is 0 Å². The molecule has 6 nitrogen and oxygen atoms in total.